The minimum Gasteiger partial charge on any atom is -0.496 e. The van der Waals surface area contributed by atoms with E-state index in [1.807, 2.05) is 25.3 Å². The second kappa shape index (κ2) is 12.0. The molecule has 0 unspecified atom stereocenters. The number of amides is 3. The first kappa shape index (κ1) is 29.9. The van der Waals surface area contributed by atoms with Gasteiger partial charge in [0.15, 0.2) is 0 Å². The summed E-state index contributed by atoms with van der Waals surface area (Å²) in [5, 5.41) is 3.16. The Labute approximate surface area is 226 Å². The molecule has 2 saturated carbocycles. The van der Waals surface area contributed by atoms with E-state index in [-0.39, 0.29) is 49.1 Å². The molecule has 8 heteroatoms. The molecule has 1 aliphatic heterocycles. The lowest BCUT2D eigenvalue weighted by Gasteiger charge is -2.48. The zero-order valence-electron chi connectivity index (χ0n) is 23.8. The van der Waals surface area contributed by atoms with E-state index in [9.17, 15) is 18.4 Å². The largest absolute Gasteiger partial charge is 0.496 e. The summed E-state index contributed by atoms with van der Waals surface area (Å²) in [6, 6.07) is 5.76. The van der Waals surface area contributed by atoms with Gasteiger partial charge in [-0.1, -0.05) is 46.2 Å². The van der Waals surface area contributed by atoms with Crippen LogP contribution in [0.3, 0.4) is 0 Å². The number of nitrogens with one attached hydrogen (secondary N) is 1. The molecular weight excluding hydrogens is 488 g/mol. The maximum Gasteiger partial charge on any atom is 0.322 e. The van der Waals surface area contributed by atoms with Crippen molar-refractivity contribution in [1.82, 2.24) is 10.2 Å². The number of halogens is 2. The number of nitrogens with zero attached hydrogens (tertiary/aromatic N) is 1. The van der Waals surface area contributed by atoms with Gasteiger partial charge in [-0.3, -0.25) is 4.79 Å². The minimum absolute atomic E-state index is 0.0649. The summed E-state index contributed by atoms with van der Waals surface area (Å²) in [5.74, 6) is -1.94. The van der Waals surface area contributed by atoms with Crippen molar-refractivity contribution >= 4 is 11.9 Å². The molecule has 212 valence electrons. The lowest BCUT2D eigenvalue weighted by atomic mass is 9.64. The van der Waals surface area contributed by atoms with E-state index >= 15 is 0 Å². The summed E-state index contributed by atoms with van der Waals surface area (Å²) in [4.78, 5) is 26.3. The van der Waals surface area contributed by atoms with Crippen molar-refractivity contribution in [2.45, 2.75) is 91.0 Å². The molecule has 3 aliphatic rings. The molecule has 0 aromatic heterocycles. The minimum atomic E-state index is -2.63. The van der Waals surface area contributed by atoms with Crippen LogP contribution >= 0.6 is 0 Å². The van der Waals surface area contributed by atoms with Crippen LogP contribution in [0.25, 0.3) is 0 Å². The van der Waals surface area contributed by atoms with Gasteiger partial charge >= 0.3 is 6.03 Å². The molecule has 4 rings (SSSR count). The van der Waals surface area contributed by atoms with Gasteiger partial charge in [-0.25, -0.2) is 13.6 Å². The van der Waals surface area contributed by atoms with E-state index < -0.39 is 11.5 Å². The van der Waals surface area contributed by atoms with Gasteiger partial charge in [0, 0.05) is 31.5 Å². The Morgan fingerprint density at radius 2 is 1.87 bits per heavy atom. The topological polar surface area (TPSA) is 84.7 Å². The molecule has 38 heavy (non-hydrogen) atoms. The molecular formula is C30H45F2N3O3. The molecule has 2 aliphatic carbocycles. The van der Waals surface area contributed by atoms with Gasteiger partial charge in [0.2, 0.25) is 11.8 Å². The van der Waals surface area contributed by atoms with Gasteiger partial charge in [0.05, 0.1) is 12.6 Å². The van der Waals surface area contributed by atoms with Crippen LogP contribution in [-0.4, -0.2) is 36.4 Å². The molecule has 1 atom stereocenters. The highest BCUT2D eigenvalue weighted by Gasteiger charge is 2.49. The van der Waals surface area contributed by atoms with E-state index in [0.29, 0.717) is 18.8 Å². The predicted molar refractivity (Wildman–Crippen MR) is 146 cm³/mol. The van der Waals surface area contributed by atoms with E-state index in [2.05, 4.69) is 39.1 Å². The van der Waals surface area contributed by atoms with Crippen molar-refractivity contribution in [2.75, 3.05) is 13.7 Å². The molecule has 0 spiro atoms. The fraction of sp³-hybridized carbons (Fsp3) is 0.667. The van der Waals surface area contributed by atoms with Crippen LogP contribution in [0.5, 0.6) is 5.75 Å². The zero-order chi connectivity index (χ0) is 28.3. The Morgan fingerprint density at radius 1 is 1.24 bits per heavy atom. The third-order valence-electron chi connectivity index (χ3n) is 7.96. The molecule has 2 fully saturated rings. The number of benzene rings is 1. The van der Waals surface area contributed by atoms with Crippen LogP contribution < -0.4 is 15.8 Å². The van der Waals surface area contributed by atoms with Crippen molar-refractivity contribution in [3.05, 3.63) is 41.1 Å². The second-order valence-electron chi connectivity index (χ2n) is 11.9. The van der Waals surface area contributed by atoms with Gasteiger partial charge in [0.25, 0.3) is 0 Å². The molecule has 0 bridgehead atoms. The number of aryl methyl sites for hydroxylation is 1. The molecule has 6 nitrogen and oxygen atoms in total. The smallest absolute Gasteiger partial charge is 0.322 e. The zero-order valence-corrected chi connectivity index (χ0v) is 23.8. The highest BCUT2D eigenvalue weighted by Crippen LogP contribution is 2.49. The maximum absolute atomic E-state index is 13.4. The molecule has 3 N–H and O–H groups in total. The van der Waals surface area contributed by atoms with Gasteiger partial charge in [0.1, 0.15) is 5.75 Å². The summed E-state index contributed by atoms with van der Waals surface area (Å²) in [5.41, 5.74) is 7.68. The van der Waals surface area contributed by atoms with Crippen LogP contribution in [0.4, 0.5) is 13.6 Å². The van der Waals surface area contributed by atoms with Crippen LogP contribution in [0.1, 0.15) is 84.3 Å². The van der Waals surface area contributed by atoms with Gasteiger partial charge in [-0.05, 0) is 73.1 Å². The number of rotatable bonds is 9. The third-order valence-corrected chi connectivity index (χ3v) is 7.96. The number of primary amides is 1. The standard InChI is InChI=1S/C27H37F2N3O3.C3H8/c1-16(2)5-6-18-7-8-21(11-23(18)35-4)26(3)22(19-9-20(10-19)24(30)33)15-32(25(34)31-26)14-17-12-27(28,29)13-17;1-3-2/h7-8,11,15-17,19-20H,5-6,9-10,12-14H2,1-4H3,(H2,30,33)(H,31,34);3H2,1-2H3/t19?,20?,26-;/m0./s1. The molecule has 0 radical (unpaired) electrons. The quantitative estimate of drug-likeness (QED) is 0.386. The number of carbonyl (C=O) groups excluding carboxylic acids is 2. The third kappa shape index (κ3) is 6.67. The fourth-order valence-corrected chi connectivity index (χ4v) is 5.60. The summed E-state index contributed by atoms with van der Waals surface area (Å²) in [7, 11) is 1.65. The summed E-state index contributed by atoms with van der Waals surface area (Å²) < 4.78 is 32.5. The first-order valence-electron chi connectivity index (χ1n) is 14.0. The van der Waals surface area contributed by atoms with Gasteiger partial charge in [-0.15, -0.1) is 0 Å². The number of hydrogen-bond donors (Lipinski definition) is 2. The molecule has 1 aromatic carbocycles. The van der Waals surface area contributed by atoms with E-state index in [1.165, 1.54) is 11.3 Å². The molecule has 1 aromatic rings. The average Bonchev–Trinajstić information content (AvgIpc) is 2.78. The number of ether oxygens (including phenoxy) is 1. The lowest BCUT2D eigenvalue weighted by molar-refractivity contribution is -0.125. The molecule has 0 saturated heterocycles. The number of alkyl halides is 2. The second-order valence-corrected chi connectivity index (χ2v) is 11.9. The van der Waals surface area contributed by atoms with Crippen LogP contribution in [0.15, 0.2) is 30.0 Å². The van der Waals surface area contributed by atoms with Crippen LogP contribution in [-0.2, 0) is 16.8 Å². The highest BCUT2D eigenvalue weighted by atomic mass is 19.3. The normalized spacial score (nSPS) is 26.4. The Bertz CT molecular complexity index is 1030. The van der Waals surface area contributed by atoms with Crippen molar-refractivity contribution in [2.24, 2.45) is 29.4 Å². The van der Waals surface area contributed by atoms with Crippen LogP contribution in [0.2, 0.25) is 0 Å². The SMILES string of the molecule is CCC.COc1cc([C@]2(C)NC(=O)N(CC3CC(F)(F)C3)C=C2C2CC(C(N)=O)C2)ccc1CCC(C)C. The van der Waals surface area contributed by atoms with Gasteiger partial charge in [-0.2, -0.15) is 0 Å². The summed E-state index contributed by atoms with van der Waals surface area (Å²) >= 11 is 0. The Morgan fingerprint density at radius 3 is 2.39 bits per heavy atom. The van der Waals surface area contributed by atoms with Crippen molar-refractivity contribution < 1.29 is 23.1 Å². The van der Waals surface area contributed by atoms with Crippen molar-refractivity contribution in [1.29, 1.82) is 0 Å². The average molecular weight is 534 g/mol. The number of urea groups is 1. The summed E-state index contributed by atoms with van der Waals surface area (Å²) in [6.45, 7) is 10.8. The molecule has 3 amide bonds. The first-order valence-corrected chi connectivity index (χ1v) is 14.0. The number of hydrogen-bond acceptors (Lipinski definition) is 3. The number of methoxy groups -OCH3 is 1. The lowest BCUT2D eigenvalue weighted by Crippen LogP contribution is -2.57. The number of nitrogens with two attached hydrogens (primary N) is 1. The van der Waals surface area contributed by atoms with Gasteiger partial charge < -0.3 is 20.7 Å². The molecule has 1 heterocycles. The fourth-order valence-electron chi connectivity index (χ4n) is 5.60. The van der Waals surface area contributed by atoms with Crippen molar-refractivity contribution in [3.8, 4) is 5.75 Å². The predicted octanol–water partition coefficient (Wildman–Crippen LogP) is 6.38. The Balaban J connectivity index is 0.00000127. The van der Waals surface area contributed by atoms with Crippen molar-refractivity contribution in [3.63, 3.8) is 0 Å². The highest BCUT2D eigenvalue weighted by molar-refractivity contribution is 5.80. The van der Waals surface area contributed by atoms with Crippen LogP contribution in [0, 0.1) is 23.7 Å². The summed E-state index contributed by atoms with van der Waals surface area (Å²) in [6.07, 6.45) is 5.86. The van der Waals surface area contributed by atoms with E-state index in [0.717, 1.165) is 35.3 Å². The Hall–Kier alpha value is -2.64. The number of carbonyl (C=O) groups is 2. The maximum atomic E-state index is 13.4. The monoisotopic (exact) mass is 533 g/mol. The van der Waals surface area contributed by atoms with E-state index in [1.54, 1.807) is 7.11 Å². The Kier molecular flexibility index (Phi) is 9.48. The van der Waals surface area contributed by atoms with E-state index in [4.69, 9.17) is 10.5 Å². The first-order chi connectivity index (χ1) is 17.8.